The predicted molar refractivity (Wildman–Crippen MR) is 101 cm³/mol. The highest BCUT2D eigenvalue weighted by molar-refractivity contribution is 6.35. The number of rotatable bonds is 4. The van der Waals surface area contributed by atoms with Gasteiger partial charge in [0.15, 0.2) is 11.5 Å². The molecule has 6 nitrogen and oxygen atoms in total. The van der Waals surface area contributed by atoms with Crippen LogP contribution < -0.4 is 10.6 Å². The van der Waals surface area contributed by atoms with Crippen molar-refractivity contribution in [1.29, 1.82) is 5.26 Å². The summed E-state index contributed by atoms with van der Waals surface area (Å²) >= 11 is 11.9. The van der Waals surface area contributed by atoms with E-state index in [1.807, 2.05) is 0 Å². The number of benzene rings is 2. The summed E-state index contributed by atoms with van der Waals surface area (Å²) in [5.41, 5.74) is 1.58. The van der Waals surface area contributed by atoms with Crippen LogP contribution in [0.5, 0.6) is 0 Å². The van der Waals surface area contributed by atoms with E-state index in [-0.39, 0.29) is 5.69 Å². The molecule has 0 aliphatic rings. The molecule has 0 aliphatic heterocycles. The lowest BCUT2D eigenvalue weighted by Gasteiger charge is -2.08. The molecule has 0 bridgehead atoms. The number of hydrogen-bond donors (Lipinski definition) is 2. The number of nitrogens with one attached hydrogen (secondary N) is 2. The summed E-state index contributed by atoms with van der Waals surface area (Å²) in [7, 11) is 0. The van der Waals surface area contributed by atoms with Crippen LogP contribution in [0.15, 0.2) is 54.6 Å². The van der Waals surface area contributed by atoms with Crippen molar-refractivity contribution in [2.24, 2.45) is 0 Å². The van der Waals surface area contributed by atoms with E-state index in [1.165, 1.54) is 6.07 Å². The van der Waals surface area contributed by atoms with Gasteiger partial charge in [0.1, 0.15) is 6.07 Å². The van der Waals surface area contributed by atoms with Crippen LogP contribution >= 0.6 is 23.2 Å². The van der Waals surface area contributed by atoms with E-state index in [0.717, 1.165) is 0 Å². The average Bonchev–Trinajstić information content (AvgIpc) is 2.65. The fourth-order valence-corrected chi connectivity index (χ4v) is 2.46. The third-order valence-electron chi connectivity index (χ3n) is 3.38. The number of aromatic nitrogens is 2. The Morgan fingerprint density at radius 3 is 2.54 bits per heavy atom. The molecule has 0 spiro atoms. The number of nitrogens with zero attached hydrogens (tertiary/aromatic N) is 3. The van der Waals surface area contributed by atoms with E-state index in [4.69, 9.17) is 28.5 Å². The number of para-hydroxylation sites is 1. The predicted octanol–water partition coefficient (Wildman–Crippen LogP) is 4.65. The van der Waals surface area contributed by atoms with Gasteiger partial charge in [0.25, 0.3) is 5.91 Å². The fraction of sp³-hybridized carbons (Fsp3) is 0. The van der Waals surface area contributed by atoms with E-state index >= 15 is 0 Å². The first-order valence-electron chi connectivity index (χ1n) is 7.43. The van der Waals surface area contributed by atoms with Gasteiger partial charge in [-0.05, 0) is 42.5 Å². The molecule has 0 saturated heterocycles. The number of hydrogen-bond acceptors (Lipinski definition) is 5. The van der Waals surface area contributed by atoms with Crippen molar-refractivity contribution in [3.63, 3.8) is 0 Å². The summed E-state index contributed by atoms with van der Waals surface area (Å²) in [6.45, 7) is 0. The number of anilines is 3. The Hall–Kier alpha value is -3.14. The molecule has 2 aromatic carbocycles. The van der Waals surface area contributed by atoms with Crippen molar-refractivity contribution >= 4 is 46.3 Å². The van der Waals surface area contributed by atoms with Crippen molar-refractivity contribution in [3.05, 3.63) is 75.9 Å². The minimum atomic E-state index is -0.467. The molecule has 0 atom stereocenters. The van der Waals surface area contributed by atoms with Crippen LogP contribution in [0.2, 0.25) is 10.0 Å². The zero-order valence-electron chi connectivity index (χ0n) is 13.2. The zero-order chi connectivity index (χ0) is 18.5. The summed E-state index contributed by atoms with van der Waals surface area (Å²) in [4.78, 5) is 12.3. The monoisotopic (exact) mass is 383 g/mol. The summed E-state index contributed by atoms with van der Waals surface area (Å²) in [5, 5.41) is 23.4. The first kappa shape index (κ1) is 17.7. The summed E-state index contributed by atoms with van der Waals surface area (Å²) in [6, 6.07) is 17.0. The van der Waals surface area contributed by atoms with Crippen molar-refractivity contribution < 1.29 is 4.79 Å². The first-order valence-corrected chi connectivity index (χ1v) is 8.18. The third-order valence-corrected chi connectivity index (χ3v) is 3.95. The Labute approximate surface area is 159 Å². The molecule has 1 amide bonds. The lowest BCUT2D eigenvalue weighted by atomic mass is 10.2. The smallest absolute Gasteiger partial charge is 0.276 e. The molecule has 0 radical (unpaired) electrons. The Kier molecular flexibility index (Phi) is 5.32. The molecule has 8 heteroatoms. The zero-order valence-corrected chi connectivity index (χ0v) is 14.7. The first-order chi connectivity index (χ1) is 12.6. The molecule has 2 N–H and O–H groups in total. The molecule has 3 aromatic rings. The number of carbonyl (C=O) groups is 1. The summed E-state index contributed by atoms with van der Waals surface area (Å²) in [5.74, 6) is -0.0596. The summed E-state index contributed by atoms with van der Waals surface area (Å²) in [6.07, 6.45) is 0. The molecule has 0 unspecified atom stereocenters. The van der Waals surface area contributed by atoms with Gasteiger partial charge in [-0.25, -0.2) is 0 Å². The fourth-order valence-electron chi connectivity index (χ4n) is 2.13. The Morgan fingerprint density at radius 1 is 1.00 bits per heavy atom. The molecule has 3 rings (SSSR count). The van der Waals surface area contributed by atoms with Crippen LogP contribution in [-0.4, -0.2) is 16.1 Å². The van der Waals surface area contributed by atoms with E-state index in [9.17, 15) is 4.79 Å². The molecule has 0 saturated carbocycles. The quantitative estimate of drug-likeness (QED) is 0.683. The van der Waals surface area contributed by atoms with Crippen molar-refractivity contribution in [3.8, 4) is 6.07 Å². The van der Waals surface area contributed by atoms with E-state index in [0.29, 0.717) is 32.8 Å². The summed E-state index contributed by atoms with van der Waals surface area (Å²) < 4.78 is 0. The lowest BCUT2D eigenvalue weighted by molar-refractivity contribution is 0.102. The largest absolute Gasteiger partial charge is 0.338 e. The second-order valence-corrected chi connectivity index (χ2v) is 6.01. The van der Waals surface area contributed by atoms with E-state index < -0.39 is 5.91 Å². The van der Waals surface area contributed by atoms with Crippen LogP contribution in [0.3, 0.4) is 0 Å². The maximum Gasteiger partial charge on any atom is 0.276 e. The van der Waals surface area contributed by atoms with Gasteiger partial charge < -0.3 is 10.6 Å². The number of halogens is 2. The Morgan fingerprint density at radius 2 is 1.81 bits per heavy atom. The van der Waals surface area contributed by atoms with Gasteiger partial charge in [-0.15, -0.1) is 10.2 Å². The van der Waals surface area contributed by atoms with Gasteiger partial charge >= 0.3 is 0 Å². The SMILES string of the molecule is N#Cc1ccccc1Nc1ccc(C(=O)Nc2cc(Cl)ccc2Cl)nn1. The van der Waals surface area contributed by atoms with Crippen molar-refractivity contribution in [1.82, 2.24) is 10.2 Å². The van der Waals surface area contributed by atoms with Crippen LogP contribution in [0.4, 0.5) is 17.2 Å². The van der Waals surface area contributed by atoms with Gasteiger partial charge in [0.2, 0.25) is 0 Å². The second kappa shape index (κ2) is 7.83. The lowest BCUT2D eigenvalue weighted by Crippen LogP contribution is -2.15. The maximum atomic E-state index is 12.3. The molecule has 1 aromatic heterocycles. The second-order valence-electron chi connectivity index (χ2n) is 5.16. The van der Waals surface area contributed by atoms with Gasteiger partial charge in [-0.3, -0.25) is 4.79 Å². The standard InChI is InChI=1S/C18H11Cl2N5O/c19-12-5-6-13(20)16(9-12)23-18(26)15-7-8-17(25-24-15)22-14-4-2-1-3-11(14)10-21/h1-9H,(H,22,25)(H,23,26). The molecule has 128 valence electrons. The third kappa shape index (κ3) is 4.09. The van der Waals surface area contributed by atoms with Crippen LogP contribution in [0.1, 0.15) is 16.1 Å². The minimum absolute atomic E-state index is 0.111. The molecular weight excluding hydrogens is 373 g/mol. The molecule has 1 heterocycles. The molecule has 0 aliphatic carbocycles. The average molecular weight is 384 g/mol. The van der Waals surface area contributed by atoms with Gasteiger partial charge in [-0.2, -0.15) is 5.26 Å². The van der Waals surface area contributed by atoms with Crippen LogP contribution in [0, 0.1) is 11.3 Å². The van der Waals surface area contributed by atoms with Gasteiger partial charge in [-0.1, -0.05) is 35.3 Å². The van der Waals surface area contributed by atoms with E-state index in [1.54, 1.807) is 48.5 Å². The highest BCUT2D eigenvalue weighted by Crippen LogP contribution is 2.26. The topological polar surface area (TPSA) is 90.7 Å². The van der Waals surface area contributed by atoms with E-state index in [2.05, 4.69) is 26.9 Å². The van der Waals surface area contributed by atoms with Crippen LogP contribution in [-0.2, 0) is 0 Å². The number of amides is 1. The van der Waals surface area contributed by atoms with Crippen molar-refractivity contribution in [2.45, 2.75) is 0 Å². The van der Waals surface area contributed by atoms with Gasteiger partial charge in [0.05, 0.1) is 22.0 Å². The normalized spacial score (nSPS) is 10.0. The highest BCUT2D eigenvalue weighted by atomic mass is 35.5. The van der Waals surface area contributed by atoms with Crippen molar-refractivity contribution in [2.75, 3.05) is 10.6 Å². The maximum absolute atomic E-state index is 12.3. The number of carbonyl (C=O) groups excluding carboxylic acids is 1. The Bertz CT molecular complexity index is 999. The molecular formula is C18H11Cl2N5O. The number of nitriles is 1. The highest BCUT2D eigenvalue weighted by Gasteiger charge is 2.11. The minimum Gasteiger partial charge on any atom is -0.338 e. The molecule has 0 fully saturated rings. The molecule has 26 heavy (non-hydrogen) atoms. The Balaban J connectivity index is 1.74. The van der Waals surface area contributed by atoms with Crippen LogP contribution in [0.25, 0.3) is 0 Å². The van der Waals surface area contributed by atoms with Gasteiger partial charge in [0, 0.05) is 5.02 Å².